The molecule has 0 fully saturated rings. The Morgan fingerprint density at radius 2 is 1.35 bits per heavy atom. The number of allylic oxidation sites excluding steroid dienone is 1. The molecule has 0 saturated carbocycles. The molecule has 0 heterocycles. The van der Waals surface area contributed by atoms with Crippen LogP contribution in [0.2, 0.25) is 0 Å². The van der Waals surface area contributed by atoms with Gasteiger partial charge in [0.1, 0.15) is 5.82 Å². The van der Waals surface area contributed by atoms with Crippen LogP contribution in [0.25, 0.3) is 17.2 Å². The lowest BCUT2D eigenvalue weighted by molar-refractivity contribution is 0.104. The number of rotatable bonds is 4. The highest BCUT2D eigenvalue weighted by Crippen LogP contribution is 2.19. The van der Waals surface area contributed by atoms with Crippen molar-refractivity contribution < 1.29 is 9.18 Å². The summed E-state index contributed by atoms with van der Waals surface area (Å²) in [5.74, 6) is -0.487. The third-order valence-electron chi connectivity index (χ3n) is 3.57. The Balaban J connectivity index is 1.73. The van der Waals surface area contributed by atoms with E-state index in [0.29, 0.717) is 5.56 Å². The lowest BCUT2D eigenvalue weighted by atomic mass is 10.0. The van der Waals surface area contributed by atoms with Gasteiger partial charge < -0.3 is 0 Å². The van der Waals surface area contributed by atoms with Gasteiger partial charge in [0.2, 0.25) is 0 Å². The number of ketones is 1. The minimum Gasteiger partial charge on any atom is -0.289 e. The zero-order valence-corrected chi connectivity index (χ0v) is 12.4. The van der Waals surface area contributed by atoms with Crippen LogP contribution in [-0.2, 0) is 0 Å². The van der Waals surface area contributed by atoms with Gasteiger partial charge in [-0.25, -0.2) is 4.39 Å². The molecule has 23 heavy (non-hydrogen) atoms. The molecule has 3 rings (SSSR count). The molecule has 0 atom stereocenters. The monoisotopic (exact) mass is 302 g/mol. The number of hydrogen-bond donors (Lipinski definition) is 0. The van der Waals surface area contributed by atoms with Gasteiger partial charge in [-0.2, -0.15) is 0 Å². The fraction of sp³-hybridized carbons (Fsp3) is 0. The second-order valence-electron chi connectivity index (χ2n) is 5.19. The molecule has 1 nitrogen and oxygen atoms in total. The molecule has 3 aromatic rings. The lowest BCUT2D eigenvalue weighted by Crippen LogP contribution is -1.93. The maximum Gasteiger partial charge on any atom is 0.185 e. The lowest BCUT2D eigenvalue weighted by Gasteiger charge is -2.01. The van der Waals surface area contributed by atoms with Crippen molar-refractivity contribution in [3.05, 3.63) is 102 Å². The summed E-state index contributed by atoms with van der Waals surface area (Å²) in [5, 5.41) is 0. The van der Waals surface area contributed by atoms with E-state index in [1.165, 1.54) is 30.3 Å². The Kier molecular flexibility index (Phi) is 4.44. The van der Waals surface area contributed by atoms with Crippen molar-refractivity contribution in [2.75, 3.05) is 0 Å². The average Bonchev–Trinajstić information content (AvgIpc) is 2.61. The van der Waals surface area contributed by atoms with Crippen LogP contribution in [0.15, 0.2) is 84.9 Å². The molecule has 0 amide bonds. The first-order valence-corrected chi connectivity index (χ1v) is 7.36. The quantitative estimate of drug-likeness (QED) is 0.466. The molecular weight excluding hydrogens is 287 g/mol. The minimum absolute atomic E-state index is 0.142. The molecule has 0 aliphatic carbocycles. The summed E-state index contributed by atoms with van der Waals surface area (Å²) in [6, 6.07) is 23.7. The van der Waals surface area contributed by atoms with Crippen molar-refractivity contribution >= 4 is 11.9 Å². The van der Waals surface area contributed by atoms with Gasteiger partial charge in [-0.1, -0.05) is 60.7 Å². The molecule has 0 saturated heterocycles. The van der Waals surface area contributed by atoms with Crippen molar-refractivity contribution in [1.82, 2.24) is 0 Å². The van der Waals surface area contributed by atoms with Gasteiger partial charge in [0, 0.05) is 5.56 Å². The van der Waals surface area contributed by atoms with E-state index in [-0.39, 0.29) is 11.6 Å². The van der Waals surface area contributed by atoms with E-state index in [9.17, 15) is 9.18 Å². The number of halogens is 1. The summed E-state index contributed by atoms with van der Waals surface area (Å²) in [5.41, 5.74) is 3.71. The van der Waals surface area contributed by atoms with E-state index < -0.39 is 0 Å². The van der Waals surface area contributed by atoms with Gasteiger partial charge in [-0.3, -0.25) is 4.79 Å². The first-order chi connectivity index (χ1) is 11.2. The number of carbonyl (C=O) groups is 1. The van der Waals surface area contributed by atoms with Crippen molar-refractivity contribution in [2.45, 2.75) is 0 Å². The number of hydrogen-bond acceptors (Lipinski definition) is 1. The van der Waals surface area contributed by atoms with Crippen LogP contribution in [0.1, 0.15) is 15.9 Å². The van der Waals surface area contributed by atoms with Crippen molar-refractivity contribution in [1.29, 1.82) is 0 Å². The first kappa shape index (κ1) is 14.9. The Bertz CT molecular complexity index is 816. The van der Waals surface area contributed by atoms with E-state index in [1.54, 1.807) is 6.08 Å². The van der Waals surface area contributed by atoms with Crippen molar-refractivity contribution in [2.24, 2.45) is 0 Å². The Morgan fingerprint density at radius 3 is 2.00 bits per heavy atom. The Labute approximate surface area is 134 Å². The maximum absolute atomic E-state index is 12.8. The van der Waals surface area contributed by atoms with Crippen molar-refractivity contribution in [3.8, 4) is 11.1 Å². The van der Waals surface area contributed by atoms with Crippen LogP contribution >= 0.6 is 0 Å². The molecular formula is C21H15FO. The molecule has 0 spiro atoms. The Morgan fingerprint density at radius 1 is 0.739 bits per heavy atom. The van der Waals surface area contributed by atoms with E-state index in [0.717, 1.165) is 16.7 Å². The summed E-state index contributed by atoms with van der Waals surface area (Å²) in [6.45, 7) is 0. The summed E-state index contributed by atoms with van der Waals surface area (Å²) >= 11 is 0. The van der Waals surface area contributed by atoms with E-state index in [4.69, 9.17) is 0 Å². The van der Waals surface area contributed by atoms with Crippen LogP contribution < -0.4 is 0 Å². The van der Waals surface area contributed by atoms with E-state index >= 15 is 0 Å². The average molecular weight is 302 g/mol. The van der Waals surface area contributed by atoms with Gasteiger partial charge in [0.25, 0.3) is 0 Å². The summed E-state index contributed by atoms with van der Waals surface area (Å²) in [7, 11) is 0. The third kappa shape index (κ3) is 3.80. The zero-order chi connectivity index (χ0) is 16.1. The van der Waals surface area contributed by atoms with E-state index in [2.05, 4.69) is 12.1 Å². The van der Waals surface area contributed by atoms with Crippen LogP contribution in [0, 0.1) is 5.82 Å². The highest BCUT2D eigenvalue weighted by Gasteiger charge is 2.01. The van der Waals surface area contributed by atoms with Gasteiger partial charge >= 0.3 is 0 Å². The Hall–Kier alpha value is -3.00. The largest absolute Gasteiger partial charge is 0.289 e. The van der Waals surface area contributed by atoms with Crippen LogP contribution in [0.4, 0.5) is 4.39 Å². The number of carbonyl (C=O) groups excluding carboxylic acids is 1. The van der Waals surface area contributed by atoms with Gasteiger partial charge in [-0.05, 0) is 47.0 Å². The topological polar surface area (TPSA) is 17.1 Å². The zero-order valence-electron chi connectivity index (χ0n) is 12.4. The predicted octanol–water partition coefficient (Wildman–Crippen LogP) is 5.39. The maximum atomic E-state index is 12.8. The predicted molar refractivity (Wildman–Crippen MR) is 91.6 cm³/mol. The SMILES string of the molecule is O=C(/C=C/c1ccc(-c2ccccc2)cc1)c1ccc(F)cc1. The standard InChI is InChI=1S/C21H15FO/c22-20-13-11-19(12-14-20)21(23)15-8-16-6-9-18(10-7-16)17-4-2-1-3-5-17/h1-15H/b15-8+. The summed E-state index contributed by atoms with van der Waals surface area (Å²) in [4.78, 5) is 12.0. The van der Waals surface area contributed by atoms with Gasteiger partial charge in [0.15, 0.2) is 5.78 Å². The summed E-state index contributed by atoms with van der Waals surface area (Å²) < 4.78 is 12.8. The molecule has 3 aromatic carbocycles. The van der Waals surface area contributed by atoms with E-state index in [1.807, 2.05) is 42.5 Å². The molecule has 0 aliphatic rings. The highest BCUT2D eigenvalue weighted by atomic mass is 19.1. The molecule has 112 valence electrons. The molecule has 0 radical (unpaired) electrons. The second-order valence-corrected chi connectivity index (χ2v) is 5.19. The fourth-order valence-electron chi connectivity index (χ4n) is 2.30. The highest BCUT2D eigenvalue weighted by molar-refractivity contribution is 6.06. The molecule has 0 aliphatic heterocycles. The second kappa shape index (κ2) is 6.84. The molecule has 0 aromatic heterocycles. The van der Waals surface area contributed by atoms with Crippen LogP contribution in [-0.4, -0.2) is 5.78 Å². The molecule has 2 heteroatoms. The van der Waals surface area contributed by atoms with Gasteiger partial charge in [-0.15, -0.1) is 0 Å². The normalized spacial score (nSPS) is 10.8. The number of benzene rings is 3. The van der Waals surface area contributed by atoms with Crippen LogP contribution in [0.3, 0.4) is 0 Å². The third-order valence-corrected chi connectivity index (χ3v) is 3.57. The smallest absolute Gasteiger partial charge is 0.185 e. The first-order valence-electron chi connectivity index (χ1n) is 7.36. The van der Waals surface area contributed by atoms with Crippen LogP contribution in [0.5, 0.6) is 0 Å². The molecule has 0 bridgehead atoms. The fourth-order valence-corrected chi connectivity index (χ4v) is 2.30. The molecule has 0 N–H and O–H groups in total. The minimum atomic E-state index is -0.345. The summed E-state index contributed by atoms with van der Waals surface area (Å²) in [6.07, 6.45) is 3.27. The van der Waals surface area contributed by atoms with Gasteiger partial charge in [0.05, 0.1) is 0 Å². The van der Waals surface area contributed by atoms with Crippen molar-refractivity contribution in [3.63, 3.8) is 0 Å². The molecule has 0 unspecified atom stereocenters.